The average molecular weight is 767 g/mol. The van der Waals surface area contributed by atoms with Crippen LogP contribution in [0.3, 0.4) is 0 Å². The summed E-state index contributed by atoms with van der Waals surface area (Å²) in [6.45, 7) is 17.0. The van der Waals surface area contributed by atoms with Crippen LogP contribution in [0, 0.1) is 6.92 Å². The normalized spacial score (nSPS) is 15.7. The third kappa shape index (κ3) is 13.9. The van der Waals surface area contributed by atoms with Crippen LogP contribution >= 0.6 is 0 Å². The number of benzene rings is 2. The number of ether oxygens (including phenoxy) is 4. The number of hydrogen-bond acceptors (Lipinski definition) is 11. The maximum atomic E-state index is 12.7. The molecule has 2 aliphatic rings. The van der Waals surface area contributed by atoms with Gasteiger partial charge in [0.2, 0.25) is 0 Å². The van der Waals surface area contributed by atoms with Crippen LogP contribution in [0.4, 0.5) is 22.8 Å². The summed E-state index contributed by atoms with van der Waals surface area (Å²) in [5, 5.41) is 3.03. The maximum absolute atomic E-state index is 12.7. The summed E-state index contributed by atoms with van der Waals surface area (Å²) >= 11 is 0. The molecule has 16 heteroatoms. The monoisotopic (exact) mass is 766 g/mol. The molecule has 300 valence electrons. The molecule has 2 heterocycles. The lowest BCUT2D eigenvalue weighted by Gasteiger charge is -2.48. The van der Waals surface area contributed by atoms with Gasteiger partial charge in [-0.2, -0.15) is 13.2 Å². The molecule has 0 aliphatic carbocycles. The van der Waals surface area contributed by atoms with E-state index in [1.165, 1.54) is 27.5 Å². The zero-order chi connectivity index (χ0) is 41.1. The zero-order valence-electron chi connectivity index (χ0n) is 32.4. The van der Waals surface area contributed by atoms with Crippen LogP contribution in [0.15, 0.2) is 48.5 Å². The lowest BCUT2D eigenvalue weighted by Crippen LogP contribution is -2.74. The quantitative estimate of drug-likeness (QED) is 0.194. The van der Waals surface area contributed by atoms with Crippen LogP contribution in [-0.2, 0) is 41.3 Å². The molecule has 0 radical (unpaired) electrons. The molecule has 3 N–H and O–H groups in total. The first-order chi connectivity index (χ1) is 24.9. The number of nitrogens with two attached hydrogens (primary N) is 1. The summed E-state index contributed by atoms with van der Waals surface area (Å²) in [6.07, 6.45) is -4.55. The van der Waals surface area contributed by atoms with Crippen LogP contribution < -0.4 is 11.1 Å². The minimum atomic E-state index is -4.40. The molecule has 2 saturated heterocycles. The van der Waals surface area contributed by atoms with E-state index in [1.54, 1.807) is 55.4 Å². The van der Waals surface area contributed by atoms with Crippen LogP contribution in [-0.4, -0.2) is 102 Å². The standard InChI is InChI=1S/C19H25F3N2O4.C11H20N2O4.C8H8O/c1-5-27-15(25)18(11-24(12-18)16(26)28-17(2,3)4)23-10-13-6-8-14(9-7-13)19(20,21)22;1-5-16-8(14)11(12)6-13(7-11)9(15)17-10(2,3)4;1-7-2-4-8(6-9)5-3-7/h6-9,23H,5,10-12H2,1-4H3;5-7,12H2,1-4H3;2-6H,1H3. The van der Waals surface area contributed by atoms with E-state index >= 15 is 0 Å². The Kier molecular flexibility index (Phi) is 15.6. The molecule has 2 amide bonds. The highest BCUT2D eigenvalue weighted by molar-refractivity contribution is 5.86. The lowest BCUT2D eigenvalue weighted by molar-refractivity contribution is -0.159. The van der Waals surface area contributed by atoms with Crippen molar-refractivity contribution in [2.24, 2.45) is 5.73 Å². The second-order valence-electron chi connectivity index (χ2n) is 14.9. The highest BCUT2D eigenvalue weighted by atomic mass is 19.4. The minimum absolute atomic E-state index is 0.0569. The topological polar surface area (TPSA) is 167 Å². The predicted molar refractivity (Wildman–Crippen MR) is 193 cm³/mol. The van der Waals surface area contributed by atoms with E-state index in [0.717, 1.165) is 24.0 Å². The first-order valence-corrected chi connectivity index (χ1v) is 17.4. The van der Waals surface area contributed by atoms with Crippen molar-refractivity contribution in [2.45, 2.75) is 97.3 Å². The van der Waals surface area contributed by atoms with Crippen LogP contribution in [0.2, 0.25) is 0 Å². The molecule has 2 aromatic carbocycles. The molecule has 4 rings (SSSR count). The Morgan fingerprint density at radius 2 is 1.20 bits per heavy atom. The van der Waals surface area contributed by atoms with Crippen molar-refractivity contribution < 1.29 is 56.1 Å². The van der Waals surface area contributed by atoms with E-state index in [4.69, 9.17) is 24.7 Å². The van der Waals surface area contributed by atoms with Gasteiger partial charge < -0.3 is 34.5 Å². The summed E-state index contributed by atoms with van der Waals surface area (Å²) in [5.41, 5.74) is 4.16. The van der Waals surface area contributed by atoms with E-state index in [-0.39, 0.29) is 45.9 Å². The Hall–Kier alpha value is -4.70. The van der Waals surface area contributed by atoms with E-state index in [9.17, 15) is 37.1 Å². The summed E-state index contributed by atoms with van der Waals surface area (Å²) < 4.78 is 58.4. The van der Waals surface area contributed by atoms with E-state index < -0.39 is 58.1 Å². The number of esters is 2. The fourth-order valence-electron chi connectivity index (χ4n) is 4.87. The number of halogens is 3. The Labute approximate surface area is 314 Å². The fraction of sp³-hybridized carbons (Fsp3) is 0.553. The number of carbonyl (C=O) groups is 5. The number of rotatable bonds is 8. The minimum Gasteiger partial charge on any atom is -0.465 e. The zero-order valence-corrected chi connectivity index (χ0v) is 32.4. The summed E-state index contributed by atoms with van der Waals surface area (Å²) in [4.78, 5) is 60.5. The van der Waals surface area contributed by atoms with Gasteiger partial charge in [0.1, 0.15) is 17.5 Å². The van der Waals surface area contributed by atoms with Crippen molar-refractivity contribution in [2.75, 3.05) is 39.4 Å². The number of aldehydes is 1. The van der Waals surface area contributed by atoms with Crippen molar-refractivity contribution in [1.29, 1.82) is 0 Å². The summed E-state index contributed by atoms with van der Waals surface area (Å²) in [5.74, 6) is -0.985. The third-order valence-corrected chi connectivity index (χ3v) is 7.64. The molecule has 0 aromatic heterocycles. The van der Waals surface area contributed by atoms with Crippen molar-refractivity contribution in [3.05, 3.63) is 70.8 Å². The summed E-state index contributed by atoms with van der Waals surface area (Å²) in [7, 11) is 0. The van der Waals surface area contributed by atoms with Crippen LogP contribution in [0.1, 0.15) is 82.4 Å². The first-order valence-electron chi connectivity index (χ1n) is 17.4. The van der Waals surface area contributed by atoms with Gasteiger partial charge in [0, 0.05) is 12.1 Å². The Morgan fingerprint density at radius 1 is 0.759 bits per heavy atom. The van der Waals surface area contributed by atoms with Crippen molar-refractivity contribution in [3.63, 3.8) is 0 Å². The van der Waals surface area contributed by atoms with Crippen LogP contribution in [0.5, 0.6) is 0 Å². The fourth-order valence-corrected chi connectivity index (χ4v) is 4.87. The molecule has 0 unspecified atom stereocenters. The molecule has 2 aliphatic heterocycles. The Bertz CT molecular complexity index is 1570. The van der Waals surface area contributed by atoms with Gasteiger partial charge in [-0.05, 0) is 80.0 Å². The molecule has 0 saturated carbocycles. The second-order valence-corrected chi connectivity index (χ2v) is 14.9. The first kappa shape index (κ1) is 45.5. The highest BCUT2D eigenvalue weighted by Crippen LogP contribution is 2.30. The number of nitrogens with zero attached hydrogens (tertiary/aromatic N) is 2. The molecular formula is C38H53F3N4O9. The molecule has 0 bridgehead atoms. The van der Waals surface area contributed by atoms with Gasteiger partial charge >= 0.3 is 30.3 Å². The maximum Gasteiger partial charge on any atom is 0.416 e. The van der Waals surface area contributed by atoms with Crippen molar-refractivity contribution >= 4 is 30.4 Å². The number of aryl methyl sites for hydroxylation is 1. The molecule has 54 heavy (non-hydrogen) atoms. The van der Waals surface area contributed by atoms with Crippen LogP contribution in [0.25, 0.3) is 0 Å². The van der Waals surface area contributed by atoms with Gasteiger partial charge in [-0.15, -0.1) is 0 Å². The predicted octanol–water partition coefficient (Wildman–Crippen LogP) is 5.65. The second kappa shape index (κ2) is 18.6. The average Bonchev–Trinajstić information content (AvgIpc) is 3.02. The molecule has 0 atom stereocenters. The molecular weight excluding hydrogens is 713 g/mol. The number of likely N-dealkylation sites (tertiary alicyclic amines) is 2. The summed E-state index contributed by atoms with van der Waals surface area (Å²) in [6, 6.07) is 12.1. The smallest absolute Gasteiger partial charge is 0.416 e. The van der Waals surface area contributed by atoms with Crippen molar-refractivity contribution in [3.8, 4) is 0 Å². The molecule has 2 fully saturated rings. The molecule has 13 nitrogen and oxygen atoms in total. The number of alkyl halides is 3. The lowest BCUT2D eigenvalue weighted by atomic mass is 9.89. The van der Waals surface area contributed by atoms with Gasteiger partial charge in [0.05, 0.1) is 45.0 Å². The highest BCUT2D eigenvalue weighted by Gasteiger charge is 2.53. The van der Waals surface area contributed by atoms with E-state index in [1.807, 2.05) is 31.2 Å². The Morgan fingerprint density at radius 3 is 1.61 bits per heavy atom. The van der Waals surface area contributed by atoms with Gasteiger partial charge in [-0.25, -0.2) is 19.2 Å². The number of carbonyl (C=O) groups excluding carboxylic acids is 5. The van der Waals surface area contributed by atoms with Gasteiger partial charge in [-0.1, -0.05) is 42.0 Å². The number of amides is 2. The SMILES string of the molecule is CCOC(=O)C1(N)CN(C(=O)OC(C)(C)C)C1.CCOC(=O)C1(NCc2ccc(C(F)(F)F)cc2)CN(C(=O)OC(C)(C)C)C1.Cc1ccc(C=O)cc1. The largest absolute Gasteiger partial charge is 0.465 e. The molecule has 0 spiro atoms. The van der Waals surface area contributed by atoms with Gasteiger partial charge in [0.15, 0.2) is 11.1 Å². The van der Waals surface area contributed by atoms with Gasteiger partial charge in [-0.3, -0.25) is 10.1 Å². The van der Waals surface area contributed by atoms with E-state index in [0.29, 0.717) is 5.56 Å². The van der Waals surface area contributed by atoms with Gasteiger partial charge in [0.25, 0.3) is 0 Å². The third-order valence-electron chi connectivity index (χ3n) is 7.64. The number of nitrogens with one attached hydrogen (secondary N) is 1. The van der Waals surface area contributed by atoms with E-state index in [2.05, 4.69) is 5.32 Å². The Balaban J connectivity index is 0.000000325. The molecule has 2 aromatic rings. The number of hydrogen-bond donors (Lipinski definition) is 2. The van der Waals surface area contributed by atoms with Crippen molar-refractivity contribution in [1.82, 2.24) is 15.1 Å².